The highest BCUT2D eigenvalue weighted by molar-refractivity contribution is 5.77. The first-order valence-corrected chi connectivity index (χ1v) is 7.10. The Morgan fingerprint density at radius 2 is 1.95 bits per heavy atom. The van der Waals surface area contributed by atoms with E-state index in [1.165, 1.54) is 6.07 Å². The van der Waals surface area contributed by atoms with E-state index in [0.717, 1.165) is 38.8 Å². The molecule has 0 atom stereocenters. The van der Waals surface area contributed by atoms with E-state index in [0.29, 0.717) is 5.56 Å². The number of para-hydroxylation sites is 1. The normalized spacial score (nSPS) is 15.8. The third-order valence-electron chi connectivity index (χ3n) is 3.57. The van der Waals surface area contributed by atoms with Crippen LogP contribution in [0.5, 0.6) is 5.75 Å². The number of benzene rings is 1. The molecule has 110 valence electrons. The van der Waals surface area contributed by atoms with E-state index < -0.39 is 5.82 Å². The van der Waals surface area contributed by atoms with Crippen molar-refractivity contribution in [2.24, 2.45) is 5.73 Å². The first kappa shape index (κ1) is 14.8. The van der Waals surface area contributed by atoms with Crippen molar-refractivity contribution in [2.45, 2.75) is 32.2 Å². The standard InChI is InChI=1S/C15H21FN2O2/c16-13-7-5-6-12(10-17)15(13)20-11-14(19)18-8-3-1-2-4-9-18/h5-7H,1-4,8-11,17H2. The number of nitrogens with two attached hydrogens (primary N) is 1. The monoisotopic (exact) mass is 280 g/mol. The molecule has 0 bridgehead atoms. The number of hydrogen-bond acceptors (Lipinski definition) is 3. The summed E-state index contributed by atoms with van der Waals surface area (Å²) in [5.41, 5.74) is 6.12. The summed E-state index contributed by atoms with van der Waals surface area (Å²) in [6.45, 7) is 1.59. The Morgan fingerprint density at radius 3 is 2.60 bits per heavy atom. The number of likely N-dealkylation sites (tertiary alicyclic amines) is 1. The van der Waals surface area contributed by atoms with Crippen LogP contribution >= 0.6 is 0 Å². The topological polar surface area (TPSA) is 55.6 Å². The van der Waals surface area contributed by atoms with Gasteiger partial charge in [-0.25, -0.2) is 4.39 Å². The van der Waals surface area contributed by atoms with Crippen molar-refractivity contribution in [3.05, 3.63) is 29.6 Å². The van der Waals surface area contributed by atoms with Gasteiger partial charge in [0.2, 0.25) is 0 Å². The van der Waals surface area contributed by atoms with Crippen molar-refractivity contribution in [2.75, 3.05) is 19.7 Å². The maximum absolute atomic E-state index is 13.7. The first-order valence-electron chi connectivity index (χ1n) is 7.10. The summed E-state index contributed by atoms with van der Waals surface area (Å²) in [6.07, 6.45) is 4.38. The Bertz CT molecular complexity index is 457. The Kier molecular flexibility index (Phi) is 5.35. The van der Waals surface area contributed by atoms with Crippen LogP contribution in [0.3, 0.4) is 0 Å². The van der Waals surface area contributed by atoms with Crippen molar-refractivity contribution in [3.8, 4) is 5.75 Å². The van der Waals surface area contributed by atoms with Crippen molar-refractivity contribution in [3.63, 3.8) is 0 Å². The van der Waals surface area contributed by atoms with Gasteiger partial charge < -0.3 is 15.4 Å². The van der Waals surface area contributed by atoms with E-state index in [2.05, 4.69) is 0 Å². The van der Waals surface area contributed by atoms with Gasteiger partial charge in [-0.2, -0.15) is 0 Å². The van der Waals surface area contributed by atoms with Crippen LogP contribution in [-0.2, 0) is 11.3 Å². The van der Waals surface area contributed by atoms with Gasteiger partial charge in [0.1, 0.15) is 0 Å². The van der Waals surface area contributed by atoms with Crippen LogP contribution in [0.25, 0.3) is 0 Å². The molecule has 1 aliphatic rings. The molecule has 0 aromatic heterocycles. The van der Waals surface area contributed by atoms with E-state index in [1.807, 2.05) is 0 Å². The molecule has 0 saturated carbocycles. The molecular weight excluding hydrogens is 259 g/mol. The van der Waals surface area contributed by atoms with E-state index in [9.17, 15) is 9.18 Å². The second-order valence-electron chi connectivity index (χ2n) is 5.02. The van der Waals surface area contributed by atoms with Crippen molar-refractivity contribution >= 4 is 5.91 Å². The maximum atomic E-state index is 13.7. The average Bonchev–Trinajstić information content (AvgIpc) is 2.74. The van der Waals surface area contributed by atoms with E-state index in [1.54, 1.807) is 17.0 Å². The molecule has 0 radical (unpaired) electrons. The predicted molar refractivity (Wildman–Crippen MR) is 74.8 cm³/mol. The zero-order valence-electron chi connectivity index (χ0n) is 11.6. The third kappa shape index (κ3) is 3.70. The van der Waals surface area contributed by atoms with Gasteiger partial charge in [-0.3, -0.25) is 4.79 Å². The average molecular weight is 280 g/mol. The molecule has 1 fully saturated rings. The van der Waals surface area contributed by atoms with Crippen LogP contribution in [0.2, 0.25) is 0 Å². The van der Waals surface area contributed by atoms with Gasteiger partial charge in [-0.15, -0.1) is 0 Å². The molecule has 4 nitrogen and oxygen atoms in total. The molecule has 1 aromatic rings. The first-order chi connectivity index (χ1) is 9.72. The number of halogens is 1. The van der Waals surface area contributed by atoms with E-state index >= 15 is 0 Å². The fourth-order valence-electron chi connectivity index (χ4n) is 2.42. The fourth-order valence-corrected chi connectivity index (χ4v) is 2.42. The lowest BCUT2D eigenvalue weighted by Gasteiger charge is -2.20. The van der Waals surface area contributed by atoms with Crippen LogP contribution in [0, 0.1) is 5.82 Å². The molecule has 20 heavy (non-hydrogen) atoms. The minimum absolute atomic E-state index is 0.0851. The number of nitrogens with zero attached hydrogens (tertiary/aromatic N) is 1. The van der Waals surface area contributed by atoms with Gasteiger partial charge in [0, 0.05) is 25.2 Å². The molecule has 0 aliphatic carbocycles. The van der Waals surface area contributed by atoms with E-state index in [4.69, 9.17) is 10.5 Å². The number of ether oxygens (including phenoxy) is 1. The lowest BCUT2D eigenvalue weighted by atomic mass is 10.2. The number of carbonyl (C=O) groups excluding carboxylic acids is 1. The summed E-state index contributed by atoms with van der Waals surface area (Å²) >= 11 is 0. The van der Waals surface area contributed by atoms with Crippen LogP contribution in [0.1, 0.15) is 31.2 Å². The molecule has 2 rings (SSSR count). The largest absolute Gasteiger partial charge is 0.480 e. The maximum Gasteiger partial charge on any atom is 0.260 e. The van der Waals surface area contributed by atoms with Crippen molar-refractivity contribution in [1.82, 2.24) is 4.90 Å². The summed E-state index contributed by atoms with van der Waals surface area (Å²) in [4.78, 5) is 13.9. The Labute approximate surface area is 118 Å². The lowest BCUT2D eigenvalue weighted by Crippen LogP contribution is -2.35. The minimum Gasteiger partial charge on any atom is -0.480 e. The Morgan fingerprint density at radius 1 is 1.25 bits per heavy atom. The van der Waals surface area contributed by atoms with Crippen molar-refractivity contribution < 1.29 is 13.9 Å². The SMILES string of the molecule is NCc1cccc(F)c1OCC(=O)N1CCCCCC1. The Hall–Kier alpha value is -1.62. The number of hydrogen-bond donors (Lipinski definition) is 1. The third-order valence-corrected chi connectivity index (χ3v) is 3.57. The summed E-state index contributed by atoms with van der Waals surface area (Å²) in [7, 11) is 0. The zero-order valence-corrected chi connectivity index (χ0v) is 11.6. The number of rotatable bonds is 4. The van der Waals surface area contributed by atoms with E-state index in [-0.39, 0.29) is 24.8 Å². The molecule has 1 heterocycles. The van der Waals surface area contributed by atoms with Gasteiger partial charge in [0.15, 0.2) is 18.2 Å². The zero-order chi connectivity index (χ0) is 14.4. The molecule has 1 amide bonds. The van der Waals surface area contributed by atoms with Crippen LogP contribution in [-0.4, -0.2) is 30.5 Å². The molecule has 1 aromatic carbocycles. The summed E-state index contributed by atoms with van der Waals surface area (Å²) < 4.78 is 19.1. The highest BCUT2D eigenvalue weighted by Crippen LogP contribution is 2.22. The second kappa shape index (κ2) is 7.24. The van der Waals surface area contributed by atoms with Crippen LogP contribution in [0.4, 0.5) is 4.39 Å². The highest BCUT2D eigenvalue weighted by Gasteiger charge is 2.17. The lowest BCUT2D eigenvalue weighted by molar-refractivity contribution is -0.133. The summed E-state index contributed by atoms with van der Waals surface area (Å²) in [5, 5.41) is 0. The van der Waals surface area contributed by atoms with Gasteiger partial charge in [0.25, 0.3) is 5.91 Å². The molecule has 0 unspecified atom stereocenters. The highest BCUT2D eigenvalue weighted by atomic mass is 19.1. The van der Waals surface area contributed by atoms with Gasteiger partial charge in [-0.05, 0) is 18.9 Å². The van der Waals surface area contributed by atoms with Crippen molar-refractivity contribution in [1.29, 1.82) is 0 Å². The van der Waals surface area contributed by atoms with Crippen LogP contribution < -0.4 is 10.5 Å². The minimum atomic E-state index is -0.475. The second-order valence-corrected chi connectivity index (χ2v) is 5.02. The number of amides is 1. The quantitative estimate of drug-likeness (QED) is 0.918. The molecular formula is C15H21FN2O2. The fraction of sp³-hybridized carbons (Fsp3) is 0.533. The summed E-state index contributed by atoms with van der Waals surface area (Å²) in [6, 6.07) is 4.60. The van der Waals surface area contributed by atoms with Crippen LogP contribution in [0.15, 0.2) is 18.2 Å². The predicted octanol–water partition coefficient (Wildman–Crippen LogP) is 2.07. The van der Waals surface area contributed by atoms with Gasteiger partial charge in [-0.1, -0.05) is 25.0 Å². The van der Waals surface area contributed by atoms with Gasteiger partial charge >= 0.3 is 0 Å². The molecule has 5 heteroatoms. The summed E-state index contributed by atoms with van der Waals surface area (Å²) in [5.74, 6) is -0.465. The van der Waals surface area contributed by atoms with Gasteiger partial charge in [0.05, 0.1) is 0 Å². The Balaban J connectivity index is 1.96. The molecule has 0 spiro atoms. The number of carbonyl (C=O) groups is 1. The molecule has 1 saturated heterocycles. The smallest absolute Gasteiger partial charge is 0.260 e. The molecule has 1 aliphatic heterocycles. The molecule has 2 N–H and O–H groups in total.